The lowest BCUT2D eigenvalue weighted by Crippen LogP contribution is -2.18. The van der Waals surface area contributed by atoms with E-state index in [4.69, 9.17) is 27.9 Å². The van der Waals surface area contributed by atoms with Gasteiger partial charge in [-0.3, -0.25) is 0 Å². The molecular formula is C12H17Cl2NO. The Labute approximate surface area is 107 Å². The zero-order valence-electron chi connectivity index (χ0n) is 9.81. The van der Waals surface area contributed by atoms with Crippen LogP contribution >= 0.6 is 23.2 Å². The Kier molecular flexibility index (Phi) is 5.39. The zero-order chi connectivity index (χ0) is 12.1. The van der Waals surface area contributed by atoms with Gasteiger partial charge in [-0.15, -0.1) is 0 Å². The van der Waals surface area contributed by atoms with Gasteiger partial charge in [0.05, 0.1) is 11.6 Å². The Morgan fingerprint density at radius 3 is 2.50 bits per heavy atom. The molecule has 0 saturated heterocycles. The highest BCUT2D eigenvalue weighted by Crippen LogP contribution is 2.33. The molecule has 0 heterocycles. The average Bonchev–Trinajstić information content (AvgIpc) is 2.23. The number of nitrogens with one attached hydrogen (secondary N) is 1. The third kappa shape index (κ3) is 3.27. The van der Waals surface area contributed by atoms with E-state index in [9.17, 15) is 0 Å². The topological polar surface area (TPSA) is 21.3 Å². The molecule has 1 aromatic carbocycles. The smallest absolute Gasteiger partial charge is 0.139 e. The summed E-state index contributed by atoms with van der Waals surface area (Å²) in [6.45, 7) is 7.50. The Morgan fingerprint density at radius 1 is 1.25 bits per heavy atom. The van der Waals surface area contributed by atoms with E-state index in [1.165, 1.54) is 0 Å². The average molecular weight is 262 g/mol. The van der Waals surface area contributed by atoms with Crippen molar-refractivity contribution >= 4 is 23.2 Å². The van der Waals surface area contributed by atoms with Gasteiger partial charge in [-0.1, -0.05) is 30.1 Å². The molecule has 0 fully saturated rings. The van der Waals surface area contributed by atoms with Gasteiger partial charge in [-0.25, -0.2) is 0 Å². The number of rotatable bonds is 5. The van der Waals surface area contributed by atoms with Crippen molar-refractivity contribution in [2.45, 2.75) is 26.8 Å². The quantitative estimate of drug-likeness (QED) is 0.863. The van der Waals surface area contributed by atoms with Gasteiger partial charge in [-0.05, 0) is 32.0 Å². The SMILES string of the molecule is CCNC(C)c1cc(Cl)c(OCC)cc1Cl. The fraction of sp³-hybridized carbons (Fsp3) is 0.500. The lowest BCUT2D eigenvalue weighted by Gasteiger charge is -2.16. The first-order valence-corrected chi connectivity index (χ1v) is 6.20. The van der Waals surface area contributed by atoms with Crippen LogP contribution in [0.2, 0.25) is 10.0 Å². The van der Waals surface area contributed by atoms with Gasteiger partial charge in [0, 0.05) is 17.1 Å². The maximum absolute atomic E-state index is 6.19. The van der Waals surface area contributed by atoms with Crippen molar-refractivity contribution in [1.82, 2.24) is 5.32 Å². The lowest BCUT2D eigenvalue weighted by molar-refractivity contribution is 0.340. The summed E-state index contributed by atoms with van der Waals surface area (Å²) in [6, 6.07) is 3.82. The van der Waals surface area contributed by atoms with Crippen molar-refractivity contribution in [2.24, 2.45) is 0 Å². The highest BCUT2D eigenvalue weighted by atomic mass is 35.5. The van der Waals surface area contributed by atoms with Crippen LogP contribution in [0, 0.1) is 0 Å². The summed E-state index contributed by atoms with van der Waals surface area (Å²) in [5, 5.41) is 4.58. The van der Waals surface area contributed by atoms with E-state index in [2.05, 4.69) is 19.2 Å². The number of halogens is 2. The molecule has 0 spiro atoms. The van der Waals surface area contributed by atoms with Crippen molar-refractivity contribution < 1.29 is 4.74 Å². The standard InChI is InChI=1S/C12H17Cl2NO/c1-4-15-8(3)9-6-11(14)12(16-5-2)7-10(9)13/h6-8,15H,4-5H2,1-3H3. The second kappa shape index (κ2) is 6.33. The highest BCUT2D eigenvalue weighted by Gasteiger charge is 2.12. The second-order valence-electron chi connectivity index (χ2n) is 3.52. The summed E-state index contributed by atoms with van der Waals surface area (Å²) in [5.41, 5.74) is 0.997. The van der Waals surface area contributed by atoms with Crippen molar-refractivity contribution in [3.05, 3.63) is 27.7 Å². The van der Waals surface area contributed by atoms with Gasteiger partial charge in [0.15, 0.2) is 0 Å². The molecule has 0 aromatic heterocycles. The Bertz CT molecular complexity index is 355. The molecule has 4 heteroatoms. The van der Waals surface area contributed by atoms with Crippen LogP contribution < -0.4 is 10.1 Å². The van der Waals surface area contributed by atoms with Gasteiger partial charge in [0.25, 0.3) is 0 Å². The molecule has 0 bridgehead atoms. The fourth-order valence-corrected chi connectivity index (χ4v) is 2.10. The molecule has 90 valence electrons. The van der Waals surface area contributed by atoms with Gasteiger partial charge in [0.2, 0.25) is 0 Å². The molecule has 1 aromatic rings. The molecular weight excluding hydrogens is 245 g/mol. The molecule has 1 N–H and O–H groups in total. The summed E-state index contributed by atoms with van der Waals surface area (Å²) in [5.74, 6) is 0.640. The summed E-state index contributed by atoms with van der Waals surface area (Å²) in [4.78, 5) is 0. The van der Waals surface area contributed by atoms with E-state index in [1.807, 2.05) is 13.0 Å². The Hall–Kier alpha value is -0.440. The van der Waals surface area contributed by atoms with Gasteiger partial charge >= 0.3 is 0 Å². The molecule has 0 radical (unpaired) electrons. The van der Waals surface area contributed by atoms with Crippen LogP contribution in [0.1, 0.15) is 32.4 Å². The minimum absolute atomic E-state index is 0.186. The van der Waals surface area contributed by atoms with Gasteiger partial charge in [-0.2, -0.15) is 0 Å². The number of benzene rings is 1. The Morgan fingerprint density at radius 2 is 1.94 bits per heavy atom. The Balaban J connectivity index is 3.00. The predicted octanol–water partition coefficient (Wildman–Crippen LogP) is 4.06. The third-order valence-corrected chi connectivity index (χ3v) is 2.95. The normalized spacial score (nSPS) is 12.6. The van der Waals surface area contributed by atoms with E-state index in [0.29, 0.717) is 22.4 Å². The molecule has 0 saturated carbocycles. The van der Waals surface area contributed by atoms with E-state index < -0.39 is 0 Å². The third-order valence-electron chi connectivity index (χ3n) is 2.33. The first-order chi connectivity index (χ1) is 7.60. The van der Waals surface area contributed by atoms with Crippen molar-refractivity contribution in [3.8, 4) is 5.75 Å². The molecule has 0 aliphatic carbocycles. The largest absolute Gasteiger partial charge is 0.492 e. The molecule has 1 rings (SSSR count). The van der Waals surface area contributed by atoms with E-state index >= 15 is 0 Å². The maximum atomic E-state index is 6.19. The molecule has 16 heavy (non-hydrogen) atoms. The molecule has 0 amide bonds. The first kappa shape index (κ1) is 13.6. The maximum Gasteiger partial charge on any atom is 0.139 e. The van der Waals surface area contributed by atoms with Crippen LogP contribution in [0.5, 0.6) is 5.75 Å². The lowest BCUT2D eigenvalue weighted by atomic mass is 10.1. The molecule has 2 nitrogen and oxygen atoms in total. The van der Waals surface area contributed by atoms with Crippen LogP contribution in [-0.2, 0) is 0 Å². The van der Waals surface area contributed by atoms with E-state index in [1.54, 1.807) is 6.07 Å². The summed E-state index contributed by atoms with van der Waals surface area (Å²) in [6.07, 6.45) is 0. The summed E-state index contributed by atoms with van der Waals surface area (Å²) >= 11 is 12.3. The zero-order valence-corrected chi connectivity index (χ0v) is 11.3. The molecule has 1 atom stereocenters. The number of ether oxygens (including phenoxy) is 1. The van der Waals surface area contributed by atoms with Crippen LogP contribution in [0.3, 0.4) is 0 Å². The monoisotopic (exact) mass is 261 g/mol. The van der Waals surface area contributed by atoms with E-state index in [0.717, 1.165) is 12.1 Å². The van der Waals surface area contributed by atoms with Gasteiger partial charge in [0.1, 0.15) is 5.75 Å². The molecule has 0 aliphatic heterocycles. The van der Waals surface area contributed by atoms with Crippen molar-refractivity contribution in [3.63, 3.8) is 0 Å². The van der Waals surface area contributed by atoms with Crippen LogP contribution in [-0.4, -0.2) is 13.2 Å². The summed E-state index contributed by atoms with van der Waals surface area (Å²) in [7, 11) is 0. The van der Waals surface area contributed by atoms with Crippen molar-refractivity contribution in [2.75, 3.05) is 13.2 Å². The second-order valence-corrected chi connectivity index (χ2v) is 4.33. The van der Waals surface area contributed by atoms with Crippen LogP contribution in [0.15, 0.2) is 12.1 Å². The van der Waals surface area contributed by atoms with Gasteiger partial charge < -0.3 is 10.1 Å². The van der Waals surface area contributed by atoms with Crippen LogP contribution in [0.25, 0.3) is 0 Å². The molecule has 1 unspecified atom stereocenters. The first-order valence-electron chi connectivity index (χ1n) is 5.45. The number of hydrogen-bond donors (Lipinski definition) is 1. The summed E-state index contributed by atoms with van der Waals surface area (Å²) < 4.78 is 5.38. The minimum Gasteiger partial charge on any atom is -0.492 e. The van der Waals surface area contributed by atoms with Crippen molar-refractivity contribution in [1.29, 1.82) is 0 Å². The molecule has 0 aliphatic rings. The minimum atomic E-state index is 0.186. The predicted molar refractivity (Wildman–Crippen MR) is 69.7 cm³/mol. The fourth-order valence-electron chi connectivity index (χ4n) is 1.56. The van der Waals surface area contributed by atoms with E-state index in [-0.39, 0.29) is 6.04 Å². The van der Waals surface area contributed by atoms with Crippen LogP contribution in [0.4, 0.5) is 0 Å². The highest BCUT2D eigenvalue weighted by molar-refractivity contribution is 6.34. The number of hydrogen-bond acceptors (Lipinski definition) is 2.